The smallest absolute Gasteiger partial charge is 0.133 e. The van der Waals surface area contributed by atoms with E-state index in [0.717, 1.165) is 12.8 Å². The van der Waals surface area contributed by atoms with E-state index in [2.05, 4.69) is 6.92 Å². The van der Waals surface area contributed by atoms with Crippen molar-refractivity contribution in [1.29, 1.82) is 0 Å². The van der Waals surface area contributed by atoms with E-state index in [1.807, 2.05) is 24.3 Å². The Morgan fingerprint density at radius 2 is 1.85 bits per heavy atom. The molecule has 2 aromatic rings. The van der Waals surface area contributed by atoms with E-state index in [0.29, 0.717) is 17.1 Å². The van der Waals surface area contributed by atoms with E-state index in [1.54, 1.807) is 6.92 Å². The lowest BCUT2D eigenvalue weighted by atomic mass is 10.1. The van der Waals surface area contributed by atoms with Crippen molar-refractivity contribution in [2.45, 2.75) is 32.8 Å². The van der Waals surface area contributed by atoms with Crippen molar-refractivity contribution in [3.63, 3.8) is 0 Å². The fourth-order valence-electron chi connectivity index (χ4n) is 2.08. The van der Waals surface area contributed by atoms with Crippen LogP contribution >= 0.6 is 0 Å². The summed E-state index contributed by atoms with van der Waals surface area (Å²) in [5, 5.41) is 9.67. The molecular weight excluding hydrogens is 255 g/mol. The number of rotatable bonds is 5. The van der Waals surface area contributed by atoms with Crippen molar-refractivity contribution < 1.29 is 14.2 Å². The van der Waals surface area contributed by atoms with Crippen molar-refractivity contribution in [3.05, 3.63) is 59.4 Å². The summed E-state index contributed by atoms with van der Waals surface area (Å²) in [5.41, 5.74) is 1.71. The molecule has 0 spiro atoms. The Hall–Kier alpha value is -1.87. The lowest BCUT2D eigenvalue weighted by Gasteiger charge is -2.13. The fraction of sp³-hybridized carbons (Fsp3) is 0.294. The Balaban J connectivity index is 2.21. The monoisotopic (exact) mass is 274 g/mol. The predicted octanol–water partition coefficient (Wildman–Crippen LogP) is 4.62. The topological polar surface area (TPSA) is 29.5 Å². The Morgan fingerprint density at radius 1 is 1.15 bits per heavy atom. The number of ether oxygens (including phenoxy) is 1. The van der Waals surface area contributed by atoms with Gasteiger partial charge in [-0.05, 0) is 49.2 Å². The molecule has 0 aliphatic carbocycles. The summed E-state index contributed by atoms with van der Waals surface area (Å²) in [7, 11) is 0. The van der Waals surface area contributed by atoms with Gasteiger partial charge in [-0.1, -0.05) is 25.5 Å². The van der Waals surface area contributed by atoms with Crippen LogP contribution in [0.1, 0.15) is 37.5 Å². The van der Waals surface area contributed by atoms with Crippen LogP contribution in [0, 0.1) is 5.82 Å². The van der Waals surface area contributed by atoms with Gasteiger partial charge in [0.05, 0.1) is 6.10 Å². The molecule has 1 N–H and O–H groups in total. The SMILES string of the molecule is CCCc1ccc(Oc2ccc(F)cc2C(C)O)cc1. The maximum Gasteiger partial charge on any atom is 0.133 e. The van der Waals surface area contributed by atoms with E-state index in [4.69, 9.17) is 4.74 Å². The molecule has 2 nitrogen and oxygen atoms in total. The second kappa shape index (κ2) is 6.53. The lowest BCUT2D eigenvalue weighted by molar-refractivity contribution is 0.195. The third-order valence-electron chi connectivity index (χ3n) is 3.11. The first-order chi connectivity index (χ1) is 9.60. The number of halogens is 1. The maximum atomic E-state index is 13.2. The van der Waals surface area contributed by atoms with Crippen molar-refractivity contribution >= 4 is 0 Å². The molecule has 0 aliphatic heterocycles. The van der Waals surface area contributed by atoms with Crippen LogP contribution in [0.5, 0.6) is 11.5 Å². The first kappa shape index (κ1) is 14.5. The number of aliphatic hydroxyl groups excluding tert-OH is 1. The van der Waals surface area contributed by atoms with Gasteiger partial charge < -0.3 is 9.84 Å². The third-order valence-corrected chi connectivity index (χ3v) is 3.11. The van der Waals surface area contributed by atoms with E-state index in [-0.39, 0.29) is 5.82 Å². The molecule has 0 amide bonds. The molecule has 0 saturated carbocycles. The Bertz CT molecular complexity index is 562. The molecule has 0 fully saturated rings. The molecule has 1 unspecified atom stereocenters. The molecule has 2 rings (SSSR count). The van der Waals surface area contributed by atoms with Crippen molar-refractivity contribution in [1.82, 2.24) is 0 Å². The third kappa shape index (κ3) is 3.58. The van der Waals surface area contributed by atoms with Gasteiger partial charge in [-0.25, -0.2) is 4.39 Å². The highest BCUT2D eigenvalue weighted by Crippen LogP contribution is 2.30. The van der Waals surface area contributed by atoms with Gasteiger partial charge in [0.15, 0.2) is 0 Å². The molecule has 1 atom stereocenters. The minimum atomic E-state index is -0.778. The average molecular weight is 274 g/mol. The normalized spacial score (nSPS) is 12.2. The Labute approximate surface area is 118 Å². The fourth-order valence-corrected chi connectivity index (χ4v) is 2.08. The molecule has 106 valence electrons. The highest BCUT2D eigenvalue weighted by molar-refractivity contribution is 5.40. The van der Waals surface area contributed by atoms with Crippen molar-refractivity contribution in [3.8, 4) is 11.5 Å². The summed E-state index contributed by atoms with van der Waals surface area (Å²) in [6.45, 7) is 3.73. The zero-order valence-corrected chi connectivity index (χ0v) is 11.8. The van der Waals surface area contributed by atoms with Crippen LogP contribution in [0.3, 0.4) is 0 Å². The number of benzene rings is 2. The van der Waals surface area contributed by atoms with Gasteiger partial charge in [-0.2, -0.15) is 0 Å². The average Bonchev–Trinajstić information content (AvgIpc) is 2.43. The van der Waals surface area contributed by atoms with Crippen molar-refractivity contribution in [2.24, 2.45) is 0 Å². The summed E-state index contributed by atoms with van der Waals surface area (Å²) in [4.78, 5) is 0. The highest BCUT2D eigenvalue weighted by Gasteiger charge is 2.11. The van der Waals surface area contributed by atoms with Crippen LogP contribution < -0.4 is 4.74 Å². The maximum absolute atomic E-state index is 13.2. The second-order valence-corrected chi connectivity index (χ2v) is 4.85. The van der Waals surface area contributed by atoms with Crippen LogP contribution in [-0.2, 0) is 6.42 Å². The zero-order chi connectivity index (χ0) is 14.5. The van der Waals surface area contributed by atoms with Gasteiger partial charge in [0, 0.05) is 5.56 Å². The van der Waals surface area contributed by atoms with E-state index in [9.17, 15) is 9.50 Å². The molecule has 0 bridgehead atoms. The number of aryl methyl sites for hydroxylation is 1. The molecule has 20 heavy (non-hydrogen) atoms. The Kier molecular flexibility index (Phi) is 4.74. The number of hydrogen-bond donors (Lipinski definition) is 1. The van der Waals surface area contributed by atoms with Crippen molar-refractivity contribution in [2.75, 3.05) is 0 Å². The highest BCUT2D eigenvalue weighted by atomic mass is 19.1. The molecule has 0 heterocycles. The van der Waals surface area contributed by atoms with Gasteiger partial charge in [-0.15, -0.1) is 0 Å². The summed E-state index contributed by atoms with van der Waals surface area (Å²) >= 11 is 0. The molecule has 0 aliphatic rings. The van der Waals surface area contributed by atoms with Crippen LogP contribution in [-0.4, -0.2) is 5.11 Å². The first-order valence-corrected chi connectivity index (χ1v) is 6.84. The molecule has 3 heteroatoms. The second-order valence-electron chi connectivity index (χ2n) is 4.85. The van der Waals surface area contributed by atoms with E-state index in [1.165, 1.54) is 23.8 Å². The lowest BCUT2D eigenvalue weighted by Crippen LogP contribution is -1.97. The summed E-state index contributed by atoms with van der Waals surface area (Å²) in [6, 6.07) is 12.0. The molecule has 0 aromatic heterocycles. The number of aliphatic hydroxyl groups is 1. The minimum Gasteiger partial charge on any atom is -0.457 e. The van der Waals surface area contributed by atoms with E-state index >= 15 is 0 Å². The largest absolute Gasteiger partial charge is 0.457 e. The quantitative estimate of drug-likeness (QED) is 0.861. The zero-order valence-electron chi connectivity index (χ0n) is 11.8. The molecule has 0 radical (unpaired) electrons. The van der Waals surface area contributed by atoms with Gasteiger partial charge in [0.2, 0.25) is 0 Å². The van der Waals surface area contributed by atoms with Gasteiger partial charge in [-0.3, -0.25) is 0 Å². The Morgan fingerprint density at radius 3 is 2.45 bits per heavy atom. The van der Waals surface area contributed by atoms with Crippen LogP contribution in [0.4, 0.5) is 4.39 Å². The molecule has 0 saturated heterocycles. The minimum absolute atomic E-state index is 0.383. The summed E-state index contributed by atoms with van der Waals surface area (Å²) < 4.78 is 18.9. The predicted molar refractivity (Wildman–Crippen MR) is 77.5 cm³/mol. The van der Waals surface area contributed by atoms with Crippen LogP contribution in [0.25, 0.3) is 0 Å². The van der Waals surface area contributed by atoms with Gasteiger partial charge >= 0.3 is 0 Å². The first-order valence-electron chi connectivity index (χ1n) is 6.84. The van der Waals surface area contributed by atoms with Gasteiger partial charge in [0.1, 0.15) is 17.3 Å². The standard InChI is InChI=1S/C17H19FO2/c1-3-4-13-5-8-15(9-6-13)20-17-10-7-14(18)11-16(17)12(2)19/h5-12,19H,3-4H2,1-2H3. The van der Waals surface area contributed by atoms with Crippen LogP contribution in [0.2, 0.25) is 0 Å². The molecule has 2 aromatic carbocycles. The van der Waals surface area contributed by atoms with Gasteiger partial charge in [0.25, 0.3) is 0 Å². The van der Waals surface area contributed by atoms with Crippen LogP contribution in [0.15, 0.2) is 42.5 Å². The number of hydrogen-bond acceptors (Lipinski definition) is 2. The summed E-state index contributed by atoms with van der Waals surface area (Å²) in [5.74, 6) is 0.773. The summed E-state index contributed by atoms with van der Waals surface area (Å²) in [6.07, 6.45) is 1.36. The van der Waals surface area contributed by atoms with E-state index < -0.39 is 6.10 Å². The molecular formula is C17H19FO2.